The van der Waals surface area contributed by atoms with Crippen molar-refractivity contribution in [3.8, 4) is 0 Å². The molecule has 0 aliphatic carbocycles. The van der Waals surface area contributed by atoms with E-state index in [4.69, 9.17) is 4.74 Å². The third-order valence-electron chi connectivity index (χ3n) is 3.73. The number of imidazole rings is 1. The van der Waals surface area contributed by atoms with Gasteiger partial charge in [0.15, 0.2) is 5.82 Å². The average molecular weight is 335 g/mol. The number of aromatic nitrogens is 2. The van der Waals surface area contributed by atoms with Crippen LogP contribution in [-0.4, -0.2) is 54.4 Å². The number of carbonyl (C=O) groups excluding carboxylic acids is 1. The minimum atomic E-state index is -3.62. The summed E-state index contributed by atoms with van der Waals surface area (Å²) in [6.45, 7) is 1.40. The second kappa shape index (κ2) is 6.23. The number of aryl methyl sites for hydroxylation is 1. The van der Waals surface area contributed by atoms with Crippen LogP contribution in [0.2, 0.25) is 0 Å². The van der Waals surface area contributed by atoms with Crippen LogP contribution >= 0.6 is 0 Å². The van der Waals surface area contributed by atoms with Gasteiger partial charge >= 0.3 is 0 Å². The Morgan fingerprint density at radius 2 is 2.00 bits per heavy atom. The minimum Gasteiger partial charge on any atom is -0.379 e. The van der Waals surface area contributed by atoms with Crippen LogP contribution in [0.15, 0.2) is 41.6 Å². The van der Waals surface area contributed by atoms with E-state index < -0.39 is 10.0 Å². The van der Waals surface area contributed by atoms with Gasteiger partial charge in [-0.15, -0.1) is 0 Å². The van der Waals surface area contributed by atoms with E-state index in [2.05, 4.69) is 4.98 Å². The van der Waals surface area contributed by atoms with Crippen molar-refractivity contribution >= 4 is 15.8 Å². The number of ketones is 1. The number of nitrogens with zero attached hydrogens (tertiary/aromatic N) is 3. The minimum absolute atomic E-state index is 0.111. The molecule has 0 bridgehead atoms. The van der Waals surface area contributed by atoms with Crippen molar-refractivity contribution in [2.24, 2.45) is 7.05 Å². The van der Waals surface area contributed by atoms with Crippen LogP contribution in [0.5, 0.6) is 0 Å². The molecule has 2 heterocycles. The lowest BCUT2D eigenvalue weighted by Gasteiger charge is -2.26. The summed E-state index contributed by atoms with van der Waals surface area (Å²) in [5.74, 6) is -0.0394. The van der Waals surface area contributed by atoms with Gasteiger partial charge in [0.1, 0.15) is 0 Å². The Kier molecular flexibility index (Phi) is 4.29. The van der Waals surface area contributed by atoms with E-state index in [0.29, 0.717) is 31.9 Å². The van der Waals surface area contributed by atoms with Crippen molar-refractivity contribution in [3.63, 3.8) is 0 Å². The van der Waals surface area contributed by atoms with Crippen LogP contribution in [0.4, 0.5) is 0 Å². The molecule has 1 aromatic carbocycles. The lowest BCUT2D eigenvalue weighted by Crippen LogP contribution is -2.40. The van der Waals surface area contributed by atoms with Gasteiger partial charge in [0.2, 0.25) is 15.8 Å². The first-order valence-electron chi connectivity index (χ1n) is 7.20. The number of hydrogen-bond acceptors (Lipinski definition) is 5. The number of rotatable bonds is 4. The summed E-state index contributed by atoms with van der Waals surface area (Å²) in [6.07, 6.45) is 3.20. The van der Waals surface area contributed by atoms with Crippen molar-refractivity contribution in [2.45, 2.75) is 4.90 Å². The molecule has 1 fully saturated rings. The maximum Gasteiger partial charge on any atom is 0.243 e. The van der Waals surface area contributed by atoms with E-state index in [-0.39, 0.29) is 16.5 Å². The van der Waals surface area contributed by atoms with Gasteiger partial charge in [0.25, 0.3) is 0 Å². The first-order valence-corrected chi connectivity index (χ1v) is 8.64. The molecule has 8 heteroatoms. The Labute approximate surface area is 134 Å². The van der Waals surface area contributed by atoms with E-state index in [9.17, 15) is 13.2 Å². The second-order valence-corrected chi connectivity index (χ2v) is 7.17. The summed E-state index contributed by atoms with van der Waals surface area (Å²) in [6, 6.07) is 6.07. The summed E-state index contributed by atoms with van der Waals surface area (Å²) >= 11 is 0. The zero-order valence-electron chi connectivity index (χ0n) is 12.7. The Morgan fingerprint density at radius 1 is 1.26 bits per heavy atom. The van der Waals surface area contributed by atoms with Gasteiger partial charge in [-0.05, 0) is 12.1 Å². The molecule has 0 amide bonds. The first kappa shape index (κ1) is 15.9. The van der Waals surface area contributed by atoms with Crippen LogP contribution in [0.1, 0.15) is 16.2 Å². The van der Waals surface area contributed by atoms with Gasteiger partial charge in [-0.1, -0.05) is 12.1 Å². The van der Waals surface area contributed by atoms with Crippen LogP contribution in [0.3, 0.4) is 0 Å². The molecule has 0 unspecified atom stereocenters. The number of benzene rings is 1. The second-order valence-electron chi connectivity index (χ2n) is 5.24. The molecule has 7 nitrogen and oxygen atoms in total. The van der Waals surface area contributed by atoms with Crippen LogP contribution in [0, 0.1) is 0 Å². The summed E-state index contributed by atoms with van der Waals surface area (Å²) in [4.78, 5) is 16.6. The van der Waals surface area contributed by atoms with Gasteiger partial charge in [-0.3, -0.25) is 4.79 Å². The SMILES string of the molecule is Cn1ccnc1C(=O)c1cccc(S(=O)(=O)N2CCOCC2)c1. The van der Waals surface area contributed by atoms with Crippen LogP contribution in [-0.2, 0) is 21.8 Å². The third kappa shape index (κ3) is 3.05. The topological polar surface area (TPSA) is 81.5 Å². The molecule has 1 saturated heterocycles. The molecular formula is C15H17N3O4S. The molecule has 1 aliphatic heterocycles. The average Bonchev–Trinajstić information content (AvgIpc) is 3.01. The molecule has 0 spiro atoms. The number of ether oxygens (including phenoxy) is 1. The van der Waals surface area contributed by atoms with E-state index >= 15 is 0 Å². The van der Waals surface area contributed by atoms with Crippen molar-refractivity contribution < 1.29 is 17.9 Å². The third-order valence-corrected chi connectivity index (χ3v) is 5.62. The quantitative estimate of drug-likeness (QED) is 0.767. The van der Waals surface area contributed by atoms with E-state index in [1.54, 1.807) is 29.9 Å². The normalized spacial score (nSPS) is 16.4. The summed E-state index contributed by atoms with van der Waals surface area (Å²) < 4.78 is 33.5. The smallest absolute Gasteiger partial charge is 0.243 e. The molecule has 0 saturated carbocycles. The largest absolute Gasteiger partial charge is 0.379 e. The van der Waals surface area contributed by atoms with Crippen LogP contribution < -0.4 is 0 Å². The summed E-state index contributed by atoms with van der Waals surface area (Å²) in [5.41, 5.74) is 0.300. The summed E-state index contributed by atoms with van der Waals surface area (Å²) in [5, 5.41) is 0. The highest BCUT2D eigenvalue weighted by atomic mass is 32.2. The maximum absolute atomic E-state index is 12.7. The molecular weight excluding hydrogens is 318 g/mol. The lowest BCUT2D eigenvalue weighted by molar-refractivity contribution is 0.0730. The molecule has 0 N–H and O–H groups in total. The molecule has 2 aromatic rings. The lowest BCUT2D eigenvalue weighted by atomic mass is 10.1. The fraction of sp³-hybridized carbons (Fsp3) is 0.333. The highest BCUT2D eigenvalue weighted by molar-refractivity contribution is 7.89. The zero-order valence-corrected chi connectivity index (χ0v) is 13.5. The highest BCUT2D eigenvalue weighted by Gasteiger charge is 2.27. The van der Waals surface area contributed by atoms with Crippen LogP contribution in [0.25, 0.3) is 0 Å². The molecule has 23 heavy (non-hydrogen) atoms. The van der Waals surface area contributed by atoms with E-state index in [1.165, 1.54) is 22.6 Å². The molecule has 122 valence electrons. The first-order chi connectivity index (χ1) is 11.0. The molecule has 0 atom stereocenters. The number of carbonyl (C=O) groups is 1. The Bertz CT molecular complexity index is 823. The predicted octanol–water partition coefficient (Wildman–Crippen LogP) is 0.672. The fourth-order valence-corrected chi connectivity index (χ4v) is 3.90. The number of morpholine rings is 1. The summed E-state index contributed by atoms with van der Waals surface area (Å²) in [7, 11) is -1.91. The fourth-order valence-electron chi connectivity index (χ4n) is 2.45. The zero-order chi connectivity index (χ0) is 16.4. The van der Waals surface area contributed by atoms with Crippen molar-refractivity contribution in [3.05, 3.63) is 48.0 Å². The van der Waals surface area contributed by atoms with Gasteiger partial charge < -0.3 is 9.30 Å². The molecule has 0 radical (unpaired) electrons. The van der Waals surface area contributed by atoms with Crippen molar-refractivity contribution in [1.29, 1.82) is 0 Å². The monoisotopic (exact) mass is 335 g/mol. The number of hydrogen-bond donors (Lipinski definition) is 0. The standard InChI is InChI=1S/C15H17N3O4S/c1-17-6-5-16-15(17)14(19)12-3-2-4-13(11-12)23(20,21)18-7-9-22-10-8-18/h2-6,11H,7-10H2,1H3. The molecule has 3 rings (SSSR count). The maximum atomic E-state index is 12.7. The number of sulfonamides is 1. The van der Waals surface area contributed by atoms with Gasteiger partial charge in [-0.25, -0.2) is 13.4 Å². The predicted molar refractivity (Wildman–Crippen MR) is 82.7 cm³/mol. The molecule has 1 aromatic heterocycles. The van der Waals surface area contributed by atoms with Gasteiger partial charge in [0.05, 0.1) is 18.1 Å². The van der Waals surface area contributed by atoms with Gasteiger partial charge in [-0.2, -0.15) is 4.31 Å². The van der Waals surface area contributed by atoms with Crippen molar-refractivity contribution in [2.75, 3.05) is 26.3 Å². The highest BCUT2D eigenvalue weighted by Crippen LogP contribution is 2.19. The van der Waals surface area contributed by atoms with E-state index in [0.717, 1.165) is 0 Å². The van der Waals surface area contributed by atoms with Gasteiger partial charge in [0, 0.05) is 38.1 Å². The Morgan fingerprint density at radius 3 is 2.65 bits per heavy atom. The Hall–Kier alpha value is -2.03. The molecule has 1 aliphatic rings. The Balaban J connectivity index is 1.93. The van der Waals surface area contributed by atoms with E-state index in [1.807, 2.05) is 0 Å². The van der Waals surface area contributed by atoms with Crippen molar-refractivity contribution in [1.82, 2.24) is 13.9 Å².